The Hall–Kier alpha value is -0.790. The van der Waals surface area contributed by atoms with Crippen molar-refractivity contribution in [3.8, 4) is 0 Å². The van der Waals surface area contributed by atoms with Gasteiger partial charge in [-0.15, -0.1) is 0 Å². The van der Waals surface area contributed by atoms with E-state index in [9.17, 15) is 0 Å². The highest BCUT2D eigenvalue weighted by molar-refractivity contribution is 5.80. The Morgan fingerprint density at radius 2 is 2.12 bits per heavy atom. The average Bonchev–Trinajstić information content (AvgIpc) is 1.61. The highest BCUT2D eigenvalue weighted by Gasteiger charge is 1.83. The second-order valence-corrected chi connectivity index (χ2v) is 1.91. The summed E-state index contributed by atoms with van der Waals surface area (Å²) in [6.45, 7) is 7.88. The van der Waals surface area contributed by atoms with E-state index in [2.05, 4.69) is 11.9 Å². The molecule has 0 aromatic heterocycles. The van der Waals surface area contributed by atoms with Crippen molar-refractivity contribution in [3.05, 3.63) is 12.3 Å². The maximum Gasteiger partial charge on any atom is 0.0520 e. The molecule has 0 bridgehead atoms. The first kappa shape index (κ1) is 7.21. The van der Waals surface area contributed by atoms with Crippen molar-refractivity contribution in [2.24, 2.45) is 0 Å². The predicted octanol–water partition coefficient (Wildman–Crippen LogP) is 1.15. The predicted molar refractivity (Wildman–Crippen MR) is 36.2 cm³/mol. The van der Waals surface area contributed by atoms with Crippen LogP contribution in [0.15, 0.2) is 12.3 Å². The van der Waals surface area contributed by atoms with Gasteiger partial charge in [0.1, 0.15) is 0 Å². The van der Waals surface area contributed by atoms with E-state index >= 15 is 0 Å². The van der Waals surface area contributed by atoms with Crippen molar-refractivity contribution >= 4 is 5.71 Å². The maximum absolute atomic E-state index is 6.98. The molecular formula is C6H12N2. The smallest absolute Gasteiger partial charge is 0.0520 e. The van der Waals surface area contributed by atoms with E-state index in [0.717, 1.165) is 5.70 Å². The Morgan fingerprint density at radius 1 is 1.62 bits per heavy atom. The lowest BCUT2D eigenvalue weighted by Gasteiger charge is -2.00. The summed E-state index contributed by atoms with van der Waals surface area (Å²) in [7, 11) is 0. The highest BCUT2D eigenvalue weighted by atomic mass is 14.9. The normalized spacial score (nSPS) is 8.25. The Labute approximate surface area is 50.1 Å². The Bertz CT molecular complexity index is 91.1. The average molecular weight is 112 g/mol. The van der Waals surface area contributed by atoms with Crippen LogP contribution in [0.1, 0.15) is 13.8 Å². The first-order valence-corrected chi connectivity index (χ1v) is 2.56. The van der Waals surface area contributed by atoms with Crippen molar-refractivity contribution in [2.75, 3.05) is 6.54 Å². The van der Waals surface area contributed by atoms with Crippen LogP contribution < -0.4 is 5.32 Å². The Balaban J connectivity index is 3.18. The molecule has 0 atom stereocenters. The number of allylic oxidation sites excluding steroid dienone is 1. The van der Waals surface area contributed by atoms with Crippen LogP contribution in [0.2, 0.25) is 0 Å². The monoisotopic (exact) mass is 112 g/mol. The van der Waals surface area contributed by atoms with Crippen LogP contribution in [0.5, 0.6) is 0 Å². The largest absolute Gasteiger partial charge is 0.384 e. The van der Waals surface area contributed by atoms with E-state index < -0.39 is 0 Å². The lowest BCUT2D eigenvalue weighted by molar-refractivity contribution is 0.927. The molecule has 0 unspecified atom stereocenters. The first-order chi connectivity index (χ1) is 3.63. The number of hydrogen-bond acceptors (Lipinski definition) is 2. The summed E-state index contributed by atoms with van der Waals surface area (Å²) in [4.78, 5) is 0. The summed E-state index contributed by atoms with van der Waals surface area (Å²) >= 11 is 0. The van der Waals surface area contributed by atoms with Gasteiger partial charge >= 0.3 is 0 Å². The molecule has 2 N–H and O–H groups in total. The minimum atomic E-state index is 0.620. The molecule has 0 amide bonds. The van der Waals surface area contributed by atoms with Gasteiger partial charge in [0.2, 0.25) is 0 Å². The standard InChI is InChI=1S/C6H12N2/c1-5(2)8-4-6(3)7/h7-8H,1,4H2,2-3H3. The molecule has 0 radical (unpaired) electrons. The molecule has 0 fully saturated rings. The third kappa shape index (κ3) is 5.21. The van der Waals surface area contributed by atoms with Crippen molar-refractivity contribution in [2.45, 2.75) is 13.8 Å². The fourth-order valence-electron chi connectivity index (χ4n) is 0.283. The topological polar surface area (TPSA) is 35.9 Å². The van der Waals surface area contributed by atoms with Crippen LogP contribution in [-0.4, -0.2) is 12.3 Å². The summed E-state index contributed by atoms with van der Waals surface area (Å²) in [5, 5.41) is 9.91. The fraction of sp³-hybridized carbons (Fsp3) is 0.500. The van der Waals surface area contributed by atoms with Crippen LogP contribution in [-0.2, 0) is 0 Å². The van der Waals surface area contributed by atoms with E-state index in [4.69, 9.17) is 5.41 Å². The summed E-state index contributed by atoms with van der Waals surface area (Å²) in [6, 6.07) is 0. The Kier molecular flexibility index (Phi) is 2.92. The van der Waals surface area contributed by atoms with Crippen LogP contribution in [0, 0.1) is 5.41 Å². The zero-order valence-electron chi connectivity index (χ0n) is 5.41. The van der Waals surface area contributed by atoms with Gasteiger partial charge in [-0.05, 0) is 13.8 Å². The van der Waals surface area contributed by atoms with E-state index in [1.54, 1.807) is 6.92 Å². The van der Waals surface area contributed by atoms with Gasteiger partial charge in [-0.25, -0.2) is 0 Å². The van der Waals surface area contributed by atoms with E-state index in [1.807, 2.05) is 6.92 Å². The third-order valence-corrected chi connectivity index (χ3v) is 0.655. The molecule has 2 nitrogen and oxygen atoms in total. The molecule has 2 heteroatoms. The number of nitrogens with one attached hydrogen (secondary N) is 2. The van der Waals surface area contributed by atoms with Gasteiger partial charge in [0.15, 0.2) is 0 Å². The van der Waals surface area contributed by atoms with Crippen molar-refractivity contribution < 1.29 is 0 Å². The molecule has 0 saturated carbocycles. The van der Waals surface area contributed by atoms with Crippen LogP contribution in [0.3, 0.4) is 0 Å². The highest BCUT2D eigenvalue weighted by Crippen LogP contribution is 1.76. The molecule has 0 heterocycles. The fourth-order valence-corrected chi connectivity index (χ4v) is 0.283. The zero-order chi connectivity index (χ0) is 6.57. The summed E-state index contributed by atoms with van der Waals surface area (Å²) < 4.78 is 0. The van der Waals surface area contributed by atoms with Crippen LogP contribution >= 0.6 is 0 Å². The van der Waals surface area contributed by atoms with Gasteiger partial charge in [-0.1, -0.05) is 6.58 Å². The molecule has 0 aromatic rings. The lowest BCUT2D eigenvalue weighted by Crippen LogP contribution is -2.17. The molecular weight excluding hydrogens is 100 g/mol. The van der Waals surface area contributed by atoms with E-state index in [1.165, 1.54) is 0 Å². The summed E-state index contributed by atoms with van der Waals surface area (Å²) in [5.41, 5.74) is 1.55. The van der Waals surface area contributed by atoms with Gasteiger partial charge < -0.3 is 10.7 Å². The van der Waals surface area contributed by atoms with Gasteiger partial charge in [-0.3, -0.25) is 0 Å². The Morgan fingerprint density at radius 3 is 2.25 bits per heavy atom. The minimum Gasteiger partial charge on any atom is -0.384 e. The molecule has 0 aliphatic carbocycles. The van der Waals surface area contributed by atoms with Crippen molar-refractivity contribution in [1.29, 1.82) is 5.41 Å². The van der Waals surface area contributed by atoms with E-state index in [0.29, 0.717) is 12.3 Å². The second-order valence-electron chi connectivity index (χ2n) is 1.91. The first-order valence-electron chi connectivity index (χ1n) is 2.56. The molecule has 0 aromatic carbocycles. The quantitative estimate of drug-likeness (QED) is 0.528. The van der Waals surface area contributed by atoms with E-state index in [-0.39, 0.29) is 0 Å². The third-order valence-electron chi connectivity index (χ3n) is 0.655. The van der Waals surface area contributed by atoms with Gasteiger partial charge in [0.25, 0.3) is 0 Å². The zero-order valence-corrected chi connectivity index (χ0v) is 5.41. The second kappa shape index (κ2) is 3.24. The SMILES string of the molecule is C=C(C)NCC(C)=N. The lowest BCUT2D eigenvalue weighted by atomic mass is 10.4. The number of rotatable bonds is 3. The summed E-state index contributed by atoms with van der Waals surface area (Å²) in [5.74, 6) is 0. The van der Waals surface area contributed by atoms with Crippen molar-refractivity contribution in [3.63, 3.8) is 0 Å². The minimum absolute atomic E-state index is 0.620. The molecule has 0 aliphatic heterocycles. The molecule has 0 saturated heterocycles. The summed E-state index contributed by atoms with van der Waals surface area (Å²) in [6.07, 6.45) is 0. The van der Waals surface area contributed by atoms with Gasteiger partial charge in [0, 0.05) is 11.4 Å². The van der Waals surface area contributed by atoms with Gasteiger partial charge in [0.05, 0.1) is 6.54 Å². The van der Waals surface area contributed by atoms with Crippen LogP contribution in [0.4, 0.5) is 0 Å². The number of hydrogen-bond donors (Lipinski definition) is 2. The molecule has 8 heavy (non-hydrogen) atoms. The van der Waals surface area contributed by atoms with Crippen LogP contribution in [0.25, 0.3) is 0 Å². The molecule has 0 rings (SSSR count). The molecule has 46 valence electrons. The molecule has 0 spiro atoms. The molecule has 0 aliphatic rings. The maximum atomic E-state index is 6.98. The van der Waals surface area contributed by atoms with Crippen molar-refractivity contribution in [1.82, 2.24) is 5.32 Å². The van der Waals surface area contributed by atoms with Gasteiger partial charge in [-0.2, -0.15) is 0 Å².